The van der Waals surface area contributed by atoms with Crippen LogP contribution in [0.4, 0.5) is 0 Å². The number of aliphatic hydroxyl groups is 2. The summed E-state index contributed by atoms with van der Waals surface area (Å²) >= 11 is 3.45. The summed E-state index contributed by atoms with van der Waals surface area (Å²) in [7, 11) is 0. The third-order valence-electron chi connectivity index (χ3n) is 5.38. The fourth-order valence-electron chi connectivity index (χ4n) is 3.46. The fraction of sp³-hybridized carbons (Fsp3) is 0.308. The van der Waals surface area contributed by atoms with E-state index >= 15 is 0 Å². The molecule has 0 aliphatic heterocycles. The van der Waals surface area contributed by atoms with Crippen molar-refractivity contribution >= 4 is 22.7 Å². The van der Waals surface area contributed by atoms with Crippen molar-refractivity contribution in [2.24, 2.45) is 0 Å². The molecule has 0 aliphatic rings. The molecule has 0 fully saturated rings. The van der Waals surface area contributed by atoms with Gasteiger partial charge in [0.2, 0.25) is 11.0 Å². The Morgan fingerprint density at radius 2 is 1.00 bits per heavy atom. The maximum atomic E-state index is 8.94. The molecule has 2 N–H and O–H groups in total. The molecule has 4 aromatic rings. The SMILES string of the molecule is Cc1c(CCO)sc[n+]1Cc1ccccc1.Cc1c(CCO)sc[n+]1Cc1ccccc1.[Br-].[Cl-]. The van der Waals surface area contributed by atoms with Crippen molar-refractivity contribution in [3.63, 3.8) is 0 Å². The molecular weight excluding hydrogens is 552 g/mol. The second-order valence-electron chi connectivity index (χ2n) is 7.64. The minimum absolute atomic E-state index is 0. The predicted molar refractivity (Wildman–Crippen MR) is 131 cm³/mol. The lowest BCUT2D eigenvalue weighted by Gasteiger charge is -1.97. The second-order valence-corrected chi connectivity index (χ2v) is 9.52. The lowest BCUT2D eigenvalue weighted by Crippen LogP contribution is -3.00. The number of thiazole rings is 2. The highest BCUT2D eigenvalue weighted by molar-refractivity contribution is 7.09. The molecule has 0 bridgehead atoms. The Balaban J connectivity index is 0.000000321. The molecule has 0 saturated carbocycles. The topological polar surface area (TPSA) is 48.2 Å². The molecule has 0 unspecified atom stereocenters. The molecular formula is C26H32BrClN2O2S2. The van der Waals surface area contributed by atoms with Crippen LogP contribution in [0.3, 0.4) is 0 Å². The van der Waals surface area contributed by atoms with Crippen LogP contribution in [0.15, 0.2) is 71.7 Å². The monoisotopic (exact) mass is 582 g/mol. The van der Waals surface area contributed by atoms with Crippen molar-refractivity contribution in [3.05, 3.63) is 104 Å². The zero-order valence-corrected chi connectivity index (χ0v) is 23.5. The number of benzene rings is 2. The van der Waals surface area contributed by atoms with Gasteiger partial charge in [0.05, 0.1) is 9.75 Å². The Kier molecular flexibility index (Phi) is 14.4. The lowest BCUT2D eigenvalue weighted by atomic mass is 10.2. The number of hydrogen-bond donors (Lipinski definition) is 2. The van der Waals surface area contributed by atoms with Crippen LogP contribution in [0.1, 0.15) is 32.3 Å². The summed E-state index contributed by atoms with van der Waals surface area (Å²) in [5, 5.41) is 17.9. The van der Waals surface area contributed by atoms with E-state index in [0.717, 1.165) is 25.9 Å². The minimum atomic E-state index is 0. The second kappa shape index (κ2) is 16.1. The first-order chi connectivity index (χ1) is 15.6. The van der Waals surface area contributed by atoms with Crippen molar-refractivity contribution in [1.82, 2.24) is 0 Å². The molecule has 2 aromatic heterocycles. The molecule has 2 aromatic carbocycles. The van der Waals surface area contributed by atoms with Crippen LogP contribution in [0.5, 0.6) is 0 Å². The summed E-state index contributed by atoms with van der Waals surface area (Å²) < 4.78 is 4.48. The summed E-state index contributed by atoms with van der Waals surface area (Å²) in [6.45, 7) is 6.51. The molecule has 2 heterocycles. The minimum Gasteiger partial charge on any atom is -1.00 e. The molecule has 34 heavy (non-hydrogen) atoms. The molecule has 0 radical (unpaired) electrons. The first-order valence-electron chi connectivity index (χ1n) is 10.8. The first-order valence-corrected chi connectivity index (χ1v) is 12.6. The third kappa shape index (κ3) is 8.87. The average molecular weight is 584 g/mol. The van der Waals surface area contributed by atoms with Gasteiger partial charge < -0.3 is 39.6 Å². The number of halogens is 2. The fourth-order valence-corrected chi connectivity index (χ4v) is 5.43. The van der Waals surface area contributed by atoms with Crippen molar-refractivity contribution in [3.8, 4) is 0 Å². The molecule has 0 spiro atoms. The number of hydrogen-bond acceptors (Lipinski definition) is 4. The van der Waals surface area contributed by atoms with E-state index in [1.54, 1.807) is 22.7 Å². The summed E-state index contributed by atoms with van der Waals surface area (Å²) in [5.41, 5.74) is 9.42. The number of nitrogens with zero attached hydrogens (tertiary/aromatic N) is 2. The Hall–Kier alpha value is -1.61. The third-order valence-corrected chi connectivity index (χ3v) is 7.67. The smallest absolute Gasteiger partial charge is 0.225 e. The summed E-state index contributed by atoms with van der Waals surface area (Å²) in [6.07, 6.45) is 1.52. The molecule has 184 valence electrons. The molecule has 0 aliphatic carbocycles. The summed E-state index contributed by atoms with van der Waals surface area (Å²) in [5.74, 6) is 0. The van der Waals surface area contributed by atoms with E-state index < -0.39 is 0 Å². The largest absolute Gasteiger partial charge is 1.00 e. The molecule has 4 rings (SSSR count). The highest BCUT2D eigenvalue weighted by atomic mass is 79.9. The molecule has 0 atom stereocenters. The summed E-state index contributed by atoms with van der Waals surface area (Å²) in [6, 6.07) is 20.9. The van der Waals surface area contributed by atoms with Crippen molar-refractivity contribution in [2.75, 3.05) is 13.2 Å². The van der Waals surface area contributed by atoms with E-state index in [-0.39, 0.29) is 42.6 Å². The van der Waals surface area contributed by atoms with Gasteiger partial charge in [-0.15, -0.1) is 0 Å². The standard InChI is InChI=1S/2C13H16NOS.BrH.ClH/c2*1-11-13(7-8-15)16-10-14(11)9-12-5-3-2-4-6-12;;/h2*2-6,10,15H,7-9H2,1H3;2*1H/q2*+1;;/p-2. The van der Waals surface area contributed by atoms with Gasteiger partial charge in [-0.1, -0.05) is 83.3 Å². The normalized spacial score (nSPS) is 10.0. The van der Waals surface area contributed by atoms with Crippen LogP contribution < -0.4 is 38.5 Å². The predicted octanol–water partition coefficient (Wildman–Crippen LogP) is -2.14. The van der Waals surface area contributed by atoms with Gasteiger partial charge >= 0.3 is 0 Å². The number of rotatable bonds is 8. The zero-order valence-electron chi connectivity index (χ0n) is 19.5. The van der Waals surface area contributed by atoms with Gasteiger partial charge in [-0.05, 0) is 0 Å². The van der Waals surface area contributed by atoms with E-state index in [0.29, 0.717) is 0 Å². The van der Waals surface area contributed by atoms with E-state index in [2.05, 4.69) is 82.5 Å². The van der Waals surface area contributed by atoms with Crippen LogP contribution >= 0.6 is 22.7 Å². The first kappa shape index (κ1) is 30.4. The van der Waals surface area contributed by atoms with Gasteiger partial charge in [-0.2, -0.15) is 9.13 Å². The lowest BCUT2D eigenvalue weighted by molar-refractivity contribution is -0.689. The van der Waals surface area contributed by atoms with Crippen LogP contribution in [0, 0.1) is 13.8 Å². The highest BCUT2D eigenvalue weighted by Gasteiger charge is 2.15. The molecule has 4 nitrogen and oxygen atoms in total. The Morgan fingerprint density at radius 1 is 0.647 bits per heavy atom. The van der Waals surface area contributed by atoms with Crippen LogP contribution in [0.2, 0.25) is 0 Å². The number of aromatic nitrogens is 2. The van der Waals surface area contributed by atoms with E-state index in [1.807, 2.05) is 12.1 Å². The van der Waals surface area contributed by atoms with Crippen molar-refractivity contribution < 1.29 is 48.7 Å². The van der Waals surface area contributed by atoms with Crippen LogP contribution in [0.25, 0.3) is 0 Å². The van der Waals surface area contributed by atoms with Crippen molar-refractivity contribution in [2.45, 2.75) is 39.8 Å². The van der Waals surface area contributed by atoms with Gasteiger partial charge in [0, 0.05) is 51.0 Å². The maximum absolute atomic E-state index is 8.94. The molecule has 8 heteroatoms. The van der Waals surface area contributed by atoms with Gasteiger partial charge in [-0.3, -0.25) is 0 Å². The quantitative estimate of drug-likeness (QED) is 0.233. The van der Waals surface area contributed by atoms with Crippen LogP contribution in [-0.4, -0.2) is 23.4 Å². The van der Waals surface area contributed by atoms with Crippen molar-refractivity contribution in [1.29, 1.82) is 0 Å². The molecule has 0 saturated heterocycles. The van der Waals surface area contributed by atoms with Gasteiger partial charge in [0.25, 0.3) is 0 Å². The maximum Gasteiger partial charge on any atom is 0.225 e. The highest BCUT2D eigenvalue weighted by Crippen LogP contribution is 2.13. The van der Waals surface area contributed by atoms with E-state index in [1.165, 1.54) is 32.3 Å². The average Bonchev–Trinajstić information content (AvgIpc) is 3.33. The summed E-state index contributed by atoms with van der Waals surface area (Å²) in [4.78, 5) is 2.55. The van der Waals surface area contributed by atoms with E-state index in [4.69, 9.17) is 10.2 Å². The van der Waals surface area contributed by atoms with Gasteiger partial charge in [0.1, 0.15) is 0 Å². The van der Waals surface area contributed by atoms with Gasteiger partial charge in [-0.25, -0.2) is 0 Å². The van der Waals surface area contributed by atoms with E-state index in [9.17, 15) is 0 Å². The Morgan fingerprint density at radius 3 is 1.32 bits per heavy atom. The Labute approximate surface area is 227 Å². The van der Waals surface area contributed by atoms with Crippen LogP contribution in [-0.2, 0) is 25.9 Å². The van der Waals surface area contributed by atoms with Gasteiger partial charge in [0.15, 0.2) is 24.5 Å². The number of aliphatic hydroxyl groups excluding tert-OH is 2. The Bertz CT molecular complexity index is 1000. The molecule has 0 amide bonds. The zero-order chi connectivity index (χ0) is 22.8.